The standard InChI is InChI=1S/C43H67N5O8/c1-11-28(4)39(47(8)37(51)25-44-43(54)38(27(2)3)46(7)26-31-19-21-33(49)22-20-31)35(55-9)24-36(50)48-23-15-18-34(48)41(56-10)29(5)42(53)45-30(6)40(52)32-16-13-12-14-17-32/h12-14,16-17,19-22,27-30,34-35,38-41,49,52H,11,15,18,23-26H2,1-10H3,(H,44,54)(H,45,53)/t28?,29-,30?,34+,35?,38?,39?,40-,41?/m1/s1. The molecule has 2 aromatic carbocycles. The number of likely N-dealkylation sites (tertiary alicyclic amines) is 1. The molecule has 3 rings (SSSR count). The molecule has 312 valence electrons. The topological polar surface area (TPSA) is 161 Å². The molecule has 0 bridgehead atoms. The van der Waals surface area contributed by atoms with Crippen molar-refractivity contribution in [1.82, 2.24) is 25.3 Å². The van der Waals surface area contributed by atoms with Crippen molar-refractivity contribution in [1.29, 1.82) is 0 Å². The van der Waals surface area contributed by atoms with Gasteiger partial charge in [-0.25, -0.2) is 0 Å². The van der Waals surface area contributed by atoms with Gasteiger partial charge in [0.05, 0.1) is 61.4 Å². The number of phenols is 1. The molecule has 4 amide bonds. The van der Waals surface area contributed by atoms with Crippen LogP contribution in [0.2, 0.25) is 0 Å². The summed E-state index contributed by atoms with van der Waals surface area (Å²) in [4.78, 5) is 60.1. The molecule has 0 saturated carbocycles. The highest BCUT2D eigenvalue weighted by atomic mass is 16.5. The molecule has 0 aliphatic carbocycles. The number of hydrogen-bond donors (Lipinski definition) is 4. The van der Waals surface area contributed by atoms with E-state index < -0.39 is 42.4 Å². The Morgan fingerprint density at radius 3 is 2.14 bits per heavy atom. The summed E-state index contributed by atoms with van der Waals surface area (Å²) in [6, 6.07) is 14.2. The normalized spacial score (nSPS) is 18.7. The fourth-order valence-corrected chi connectivity index (χ4v) is 8.09. The molecule has 56 heavy (non-hydrogen) atoms. The predicted molar refractivity (Wildman–Crippen MR) is 216 cm³/mol. The number of rotatable bonds is 21. The van der Waals surface area contributed by atoms with E-state index in [1.54, 1.807) is 57.0 Å². The highest BCUT2D eigenvalue weighted by Crippen LogP contribution is 2.30. The van der Waals surface area contributed by atoms with Crippen molar-refractivity contribution in [3.05, 3.63) is 65.7 Å². The molecule has 1 fully saturated rings. The second-order valence-electron chi connectivity index (χ2n) is 15.8. The Kier molecular flexibility index (Phi) is 18.2. The lowest BCUT2D eigenvalue weighted by atomic mass is 9.90. The fraction of sp³-hybridized carbons (Fsp3) is 0.628. The van der Waals surface area contributed by atoms with E-state index in [2.05, 4.69) is 10.6 Å². The molecule has 2 aromatic rings. The summed E-state index contributed by atoms with van der Waals surface area (Å²) in [6.07, 6.45) is 0.0466. The van der Waals surface area contributed by atoms with Crippen molar-refractivity contribution >= 4 is 23.6 Å². The van der Waals surface area contributed by atoms with Crippen molar-refractivity contribution in [3.63, 3.8) is 0 Å². The number of phenolic OH excluding ortho intramolecular Hbond substituents is 1. The molecular formula is C43H67N5O8. The number of nitrogens with zero attached hydrogens (tertiary/aromatic N) is 3. The van der Waals surface area contributed by atoms with E-state index >= 15 is 0 Å². The number of hydrogen-bond acceptors (Lipinski definition) is 9. The number of carbonyl (C=O) groups is 4. The monoisotopic (exact) mass is 781 g/mol. The number of aliphatic hydroxyl groups excluding tert-OH is 1. The Balaban J connectivity index is 1.67. The van der Waals surface area contributed by atoms with Crippen molar-refractivity contribution < 1.29 is 38.9 Å². The van der Waals surface area contributed by atoms with Gasteiger partial charge in [0.25, 0.3) is 0 Å². The first-order valence-electron chi connectivity index (χ1n) is 20.0. The van der Waals surface area contributed by atoms with Crippen LogP contribution in [0.3, 0.4) is 0 Å². The number of carbonyl (C=O) groups excluding carboxylic acids is 4. The molecule has 4 N–H and O–H groups in total. The molecule has 13 heteroatoms. The molecule has 1 heterocycles. The summed E-state index contributed by atoms with van der Waals surface area (Å²) in [5.41, 5.74) is 1.65. The van der Waals surface area contributed by atoms with Gasteiger partial charge in [-0.15, -0.1) is 0 Å². The Bertz CT molecular complexity index is 1540. The van der Waals surface area contributed by atoms with Crippen LogP contribution in [-0.4, -0.2) is 126 Å². The van der Waals surface area contributed by atoms with Gasteiger partial charge in [-0.2, -0.15) is 0 Å². The van der Waals surface area contributed by atoms with Crippen molar-refractivity contribution in [3.8, 4) is 5.75 Å². The summed E-state index contributed by atoms with van der Waals surface area (Å²) >= 11 is 0. The molecule has 9 atom stereocenters. The summed E-state index contributed by atoms with van der Waals surface area (Å²) in [5.74, 6) is -1.51. The van der Waals surface area contributed by atoms with E-state index in [-0.39, 0.29) is 60.2 Å². The quantitative estimate of drug-likeness (QED) is 0.146. The van der Waals surface area contributed by atoms with Gasteiger partial charge in [0.15, 0.2) is 0 Å². The molecule has 0 radical (unpaired) electrons. The highest BCUT2D eigenvalue weighted by Gasteiger charge is 2.42. The minimum absolute atomic E-state index is 0.0147. The van der Waals surface area contributed by atoms with E-state index in [1.165, 1.54) is 0 Å². The number of benzene rings is 2. The smallest absolute Gasteiger partial charge is 0.242 e. The molecule has 1 saturated heterocycles. The number of aliphatic hydroxyl groups is 1. The number of methoxy groups -OCH3 is 2. The van der Waals surface area contributed by atoms with Gasteiger partial charge in [0.1, 0.15) is 5.75 Å². The number of amides is 4. The van der Waals surface area contributed by atoms with Gasteiger partial charge in [0, 0.05) is 34.4 Å². The zero-order chi connectivity index (χ0) is 41.7. The molecule has 0 spiro atoms. The SMILES string of the molecule is CCC(C)C(C(CC(=O)N1CCC[C@H]1C(OC)[C@@H](C)C(=O)NC(C)[C@@H](O)c1ccccc1)OC)N(C)C(=O)CNC(=O)C(C(C)C)N(C)Cc1ccc(O)cc1. The maximum Gasteiger partial charge on any atom is 0.242 e. The minimum Gasteiger partial charge on any atom is -0.508 e. The maximum atomic E-state index is 14.1. The summed E-state index contributed by atoms with van der Waals surface area (Å²) in [7, 11) is 6.64. The zero-order valence-corrected chi connectivity index (χ0v) is 35.1. The van der Waals surface area contributed by atoms with Crippen LogP contribution < -0.4 is 10.6 Å². The number of likely N-dealkylation sites (N-methyl/N-ethyl adjacent to an activating group) is 2. The molecule has 1 aliphatic heterocycles. The van der Waals surface area contributed by atoms with Gasteiger partial charge in [0.2, 0.25) is 23.6 Å². The lowest BCUT2D eigenvalue weighted by molar-refractivity contribution is -0.146. The lowest BCUT2D eigenvalue weighted by Crippen LogP contribution is -2.55. The first-order chi connectivity index (χ1) is 26.6. The summed E-state index contributed by atoms with van der Waals surface area (Å²) in [6.45, 7) is 12.3. The van der Waals surface area contributed by atoms with Crippen LogP contribution in [0.1, 0.15) is 84.5 Å². The third-order valence-corrected chi connectivity index (χ3v) is 11.4. The third-order valence-electron chi connectivity index (χ3n) is 11.4. The number of nitrogens with one attached hydrogen (secondary N) is 2. The highest BCUT2D eigenvalue weighted by molar-refractivity contribution is 5.88. The first-order valence-corrected chi connectivity index (χ1v) is 20.0. The van der Waals surface area contributed by atoms with Crippen molar-refractivity contribution in [2.24, 2.45) is 17.8 Å². The van der Waals surface area contributed by atoms with Gasteiger partial charge >= 0.3 is 0 Å². The van der Waals surface area contributed by atoms with Gasteiger partial charge in [-0.1, -0.05) is 83.5 Å². The maximum absolute atomic E-state index is 14.1. The Labute approximate surface area is 334 Å². The van der Waals surface area contributed by atoms with Crippen LogP contribution in [0.4, 0.5) is 0 Å². The largest absolute Gasteiger partial charge is 0.508 e. The Morgan fingerprint density at radius 1 is 0.929 bits per heavy atom. The van der Waals surface area contributed by atoms with E-state index in [4.69, 9.17) is 9.47 Å². The summed E-state index contributed by atoms with van der Waals surface area (Å²) in [5, 5.41) is 26.3. The first kappa shape index (κ1) is 46.3. The lowest BCUT2D eigenvalue weighted by Gasteiger charge is -2.39. The van der Waals surface area contributed by atoms with Crippen LogP contribution in [0.25, 0.3) is 0 Å². The van der Waals surface area contributed by atoms with Crippen molar-refractivity contribution in [2.45, 2.75) is 116 Å². The van der Waals surface area contributed by atoms with Crippen LogP contribution in [0, 0.1) is 17.8 Å². The van der Waals surface area contributed by atoms with Gasteiger partial charge in [-0.3, -0.25) is 24.1 Å². The number of aromatic hydroxyl groups is 1. The van der Waals surface area contributed by atoms with E-state index in [0.29, 0.717) is 25.1 Å². The second kappa shape index (κ2) is 22.0. The van der Waals surface area contributed by atoms with Crippen LogP contribution in [-0.2, 0) is 35.2 Å². The molecular weight excluding hydrogens is 714 g/mol. The van der Waals surface area contributed by atoms with E-state index in [1.807, 2.05) is 82.1 Å². The van der Waals surface area contributed by atoms with Crippen LogP contribution >= 0.6 is 0 Å². The molecule has 1 aliphatic rings. The number of ether oxygens (including phenoxy) is 2. The van der Waals surface area contributed by atoms with Crippen LogP contribution in [0.5, 0.6) is 5.75 Å². The average molecular weight is 782 g/mol. The minimum atomic E-state index is -0.884. The molecule has 13 nitrogen and oxygen atoms in total. The third kappa shape index (κ3) is 12.2. The second-order valence-corrected chi connectivity index (χ2v) is 15.8. The predicted octanol–water partition coefficient (Wildman–Crippen LogP) is 4.12. The zero-order valence-electron chi connectivity index (χ0n) is 35.1. The Morgan fingerprint density at radius 2 is 1.57 bits per heavy atom. The van der Waals surface area contributed by atoms with Crippen molar-refractivity contribution in [2.75, 3.05) is 41.4 Å². The van der Waals surface area contributed by atoms with Gasteiger partial charge in [-0.05, 0) is 61.9 Å². The summed E-state index contributed by atoms with van der Waals surface area (Å²) < 4.78 is 11.9. The van der Waals surface area contributed by atoms with Gasteiger partial charge < -0.3 is 40.1 Å². The Hall–Kier alpha value is -4.04. The van der Waals surface area contributed by atoms with Crippen LogP contribution in [0.15, 0.2) is 54.6 Å². The molecule has 0 aromatic heterocycles. The average Bonchev–Trinajstić information content (AvgIpc) is 3.67. The van der Waals surface area contributed by atoms with E-state index in [0.717, 1.165) is 18.4 Å². The van der Waals surface area contributed by atoms with E-state index in [9.17, 15) is 29.4 Å². The molecule has 6 unspecified atom stereocenters. The fourth-order valence-electron chi connectivity index (χ4n) is 8.09.